The first-order valence-electron chi connectivity index (χ1n) is 6.08. The van der Waals surface area contributed by atoms with Crippen molar-refractivity contribution in [2.24, 2.45) is 0 Å². The van der Waals surface area contributed by atoms with E-state index >= 15 is 0 Å². The van der Waals surface area contributed by atoms with Gasteiger partial charge in [0.1, 0.15) is 5.75 Å². The summed E-state index contributed by atoms with van der Waals surface area (Å²) in [5.41, 5.74) is 0.817. The van der Waals surface area contributed by atoms with Gasteiger partial charge in [-0.15, -0.1) is 0 Å². The number of benzene rings is 1. The third-order valence-corrected chi connectivity index (χ3v) is 2.69. The lowest BCUT2D eigenvalue weighted by Gasteiger charge is -2.11. The van der Waals surface area contributed by atoms with Gasteiger partial charge < -0.3 is 20.3 Å². The summed E-state index contributed by atoms with van der Waals surface area (Å²) in [7, 11) is 0. The summed E-state index contributed by atoms with van der Waals surface area (Å²) in [6.07, 6.45) is 1.63. The van der Waals surface area contributed by atoms with Crippen molar-refractivity contribution in [2.75, 3.05) is 19.8 Å². The van der Waals surface area contributed by atoms with Gasteiger partial charge in [-0.1, -0.05) is 11.6 Å². The minimum Gasteiger partial charge on any atom is -0.482 e. The Balaban J connectivity index is 2.53. The molecule has 1 aromatic carbocycles. The van der Waals surface area contributed by atoms with Crippen molar-refractivity contribution >= 4 is 17.6 Å². The van der Waals surface area contributed by atoms with Crippen LogP contribution in [-0.2, 0) is 11.3 Å². The maximum Gasteiger partial charge on any atom is 0.341 e. The maximum absolute atomic E-state index is 10.5. The van der Waals surface area contributed by atoms with Crippen molar-refractivity contribution in [1.29, 1.82) is 0 Å². The van der Waals surface area contributed by atoms with Gasteiger partial charge in [0.25, 0.3) is 0 Å². The zero-order chi connectivity index (χ0) is 14.1. The van der Waals surface area contributed by atoms with Crippen LogP contribution in [0.25, 0.3) is 0 Å². The van der Waals surface area contributed by atoms with E-state index in [0.717, 1.165) is 24.9 Å². The molecule has 0 aromatic heterocycles. The molecule has 1 rings (SSSR count). The number of nitrogens with one attached hydrogen (secondary N) is 1. The van der Waals surface area contributed by atoms with Crippen LogP contribution < -0.4 is 10.1 Å². The lowest BCUT2D eigenvalue weighted by atomic mass is 10.2. The smallest absolute Gasteiger partial charge is 0.341 e. The monoisotopic (exact) mass is 287 g/mol. The fourth-order valence-corrected chi connectivity index (χ4v) is 1.75. The Kier molecular flexibility index (Phi) is 7.25. The topological polar surface area (TPSA) is 78.8 Å². The summed E-state index contributed by atoms with van der Waals surface area (Å²) in [5, 5.41) is 21.0. The molecule has 6 heteroatoms. The average Bonchev–Trinajstić information content (AvgIpc) is 2.37. The van der Waals surface area contributed by atoms with Gasteiger partial charge in [-0.3, -0.25) is 0 Å². The summed E-state index contributed by atoms with van der Waals surface area (Å²) in [6.45, 7) is 1.12. The highest BCUT2D eigenvalue weighted by Gasteiger charge is 2.06. The third kappa shape index (κ3) is 6.42. The van der Waals surface area contributed by atoms with E-state index in [1.807, 2.05) is 0 Å². The van der Waals surface area contributed by atoms with Crippen molar-refractivity contribution in [3.63, 3.8) is 0 Å². The Morgan fingerprint density at radius 2 is 2.16 bits per heavy atom. The molecule has 5 nitrogen and oxygen atoms in total. The number of carboxylic acid groups (broad SMARTS) is 1. The van der Waals surface area contributed by atoms with Crippen LogP contribution in [0.5, 0.6) is 5.75 Å². The Morgan fingerprint density at radius 3 is 2.84 bits per heavy atom. The van der Waals surface area contributed by atoms with E-state index in [-0.39, 0.29) is 13.2 Å². The second kappa shape index (κ2) is 8.74. The van der Waals surface area contributed by atoms with E-state index in [9.17, 15) is 4.79 Å². The summed E-state index contributed by atoms with van der Waals surface area (Å²) < 4.78 is 5.19. The number of carbonyl (C=O) groups is 1. The van der Waals surface area contributed by atoms with Crippen LogP contribution in [0.1, 0.15) is 18.4 Å². The van der Waals surface area contributed by atoms with Crippen molar-refractivity contribution in [3.05, 3.63) is 28.8 Å². The molecule has 106 valence electrons. The summed E-state index contributed by atoms with van der Waals surface area (Å²) in [5.74, 6) is -0.502. The number of ether oxygens (including phenoxy) is 1. The molecule has 1 aromatic rings. The minimum atomic E-state index is -1.02. The molecule has 0 fully saturated rings. The predicted octanol–water partition coefficient (Wildman–Crippen LogP) is 1.67. The number of rotatable bonds is 9. The summed E-state index contributed by atoms with van der Waals surface area (Å²) in [6, 6.07) is 5.07. The third-order valence-electron chi connectivity index (χ3n) is 2.45. The highest BCUT2D eigenvalue weighted by molar-refractivity contribution is 6.30. The first-order chi connectivity index (χ1) is 9.13. The molecule has 3 N–H and O–H groups in total. The highest BCUT2D eigenvalue weighted by atomic mass is 35.5. The molecule has 0 aliphatic rings. The number of halogens is 1. The van der Waals surface area contributed by atoms with Crippen LogP contribution in [0, 0.1) is 0 Å². The number of aliphatic hydroxyl groups is 1. The first-order valence-corrected chi connectivity index (χ1v) is 6.46. The zero-order valence-corrected chi connectivity index (χ0v) is 11.3. The Labute approximate surface area is 117 Å². The van der Waals surface area contributed by atoms with E-state index in [1.165, 1.54) is 0 Å². The van der Waals surface area contributed by atoms with Crippen LogP contribution in [0.15, 0.2) is 18.2 Å². The molecule has 19 heavy (non-hydrogen) atoms. The quantitative estimate of drug-likeness (QED) is 0.602. The van der Waals surface area contributed by atoms with Crippen LogP contribution in [0.3, 0.4) is 0 Å². The second-order valence-corrected chi connectivity index (χ2v) is 4.48. The number of aliphatic carboxylic acids is 1. The predicted molar refractivity (Wildman–Crippen MR) is 72.6 cm³/mol. The maximum atomic E-state index is 10.5. The molecule has 0 heterocycles. The molecule has 0 aliphatic carbocycles. The van der Waals surface area contributed by atoms with E-state index in [0.29, 0.717) is 17.3 Å². The lowest BCUT2D eigenvalue weighted by molar-refractivity contribution is -0.139. The van der Waals surface area contributed by atoms with Gasteiger partial charge in [0, 0.05) is 23.7 Å². The number of aliphatic hydroxyl groups excluding tert-OH is 1. The summed E-state index contributed by atoms with van der Waals surface area (Å²) >= 11 is 5.91. The molecule has 0 saturated carbocycles. The van der Waals surface area contributed by atoms with E-state index in [2.05, 4.69) is 5.32 Å². The van der Waals surface area contributed by atoms with E-state index in [1.54, 1.807) is 18.2 Å². The fourth-order valence-electron chi connectivity index (χ4n) is 1.55. The minimum absolute atomic E-state index is 0.186. The fraction of sp³-hybridized carbons (Fsp3) is 0.462. The van der Waals surface area contributed by atoms with Crippen molar-refractivity contribution < 1.29 is 19.7 Å². The molecule has 0 unspecified atom stereocenters. The van der Waals surface area contributed by atoms with Crippen molar-refractivity contribution in [2.45, 2.75) is 19.4 Å². The molecule has 0 radical (unpaired) electrons. The number of carboxylic acids is 1. The highest BCUT2D eigenvalue weighted by Crippen LogP contribution is 2.22. The van der Waals surface area contributed by atoms with Gasteiger partial charge in [-0.25, -0.2) is 4.79 Å². The number of unbranched alkanes of at least 4 members (excludes halogenated alkanes) is 1. The van der Waals surface area contributed by atoms with Gasteiger partial charge in [-0.05, 0) is 37.6 Å². The molecule has 0 aliphatic heterocycles. The normalized spacial score (nSPS) is 10.4. The molecule has 0 atom stereocenters. The summed E-state index contributed by atoms with van der Waals surface area (Å²) in [4.78, 5) is 10.5. The van der Waals surface area contributed by atoms with Crippen LogP contribution in [0.4, 0.5) is 0 Å². The molecule has 0 bridgehead atoms. The van der Waals surface area contributed by atoms with E-state index in [4.69, 9.17) is 26.6 Å². The molecule has 0 saturated heterocycles. The van der Waals surface area contributed by atoms with Gasteiger partial charge >= 0.3 is 5.97 Å². The van der Waals surface area contributed by atoms with Gasteiger partial charge in [0.2, 0.25) is 0 Å². The Morgan fingerprint density at radius 1 is 1.37 bits per heavy atom. The lowest BCUT2D eigenvalue weighted by Crippen LogP contribution is -2.17. The molecule has 0 amide bonds. The second-order valence-electron chi connectivity index (χ2n) is 4.04. The zero-order valence-electron chi connectivity index (χ0n) is 10.6. The molecule has 0 spiro atoms. The van der Waals surface area contributed by atoms with Crippen LogP contribution in [-0.4, -0.2) is 35.9 Å². The Bertz CT molecular complexity index is 412. The largest absolute Gasteiger partial charge is 0.482 e. The standard InChI is InChI=1S/C13H18ClNO4/c14-11-3-4-12(19-9-13(17)18)10(7-11)8-15-5-1-2-6-16/h3-4,7,15-16H,1-2,5-6,8-9H2,(H,17,18). The van der Waals surface area contributed by atoms with Crippen molar-refractivity contribution in [1.82, 2.24) is 5.32 Å². The van der Waals surface area contributed by atoms with Gasteiger partial charge in [0.05, 0.1) is 0 Å². The van der Waals surface area contributed by atoms with E-state index < -0.39 is 5.97 Å². The van der Waals surface area contributed by atoms with Crippen LogP contribution in [0.2, 0.25) is 5.02 Å². The van der Waals surface area contributed by atoms with Gasteiger partial charge in [-0.2, -0.15) is 0 Å². The van der Waals surface area contributed by atoms with Gasteiger partial charge in [0.15, 0.2) is 6.61 Å². The molecular weight excluding hydrogens is 270 g/mol. The number of hydrogen-bond acceptors (Lipinski definition) is 4. The average molecular weight is 288 g/mol. The number of hydrogen-bond donors (Lipinski definition) is 3. The molecular formula is C13H18ClNO4. The van der Waals surface area contributed by atoms with Crippen molar-refractivity contribution in [3.8, 4) is 5.75 Å². The van der Waals surface area contributed by atoms with Crippen LogP contribution >= 0.6 is 11.6 Å². The SMILES string of the molecule is O=C(O)COc1ccc(Cl)cc1CNCCCCO. The first kappa shape index (κ1) is 15.8. The Hall–Kier alpha value is -1.30.